The predicted octanol–water partition coefficient (Wildman–Crippen LogP) is 3.32. The van der Waals surface area contributed by atoms with Crippen molar-refractivity contribution < 1.29 is 4.79 Å². The van der Waals surface area contributed by atoms with E-state index in [9.17, 15) is 4.79 Å². The number of para-hydroxylation sites is 1. The third kappa shape index (κ3) is 2.79. The molecule has 4 heteroatoms. The van der Waals surface area contributed by atoms with Gasteiger partial charge in [-0.2, -0.15) is 5.10 Å². The lowest BCUT2D eigenvalue weighted by Crippen LogP contribution is -2.26. The molecule has 4 nitrogen and oxygen atoms in total. The lowest BCUT2D eigenvalue weighted by Gasteiger charge is -2.20. The average Bonchev–Trinajstić information content (AvgIpc) is 2.84. The second-order valence-corrected chi connectivity index (χ2v) is 4.61. The van der Waals surface area contributed by atoms with Gasteiger partial charge in [-0.3, -0.25) is 4.79 Å². The molecule has 2 rings (SSSR count). The normalized spacial score (nSPS) is 11.4. The van der Waals surface area contributed by atoms with Crippen LogP contribution >= 0.6 is 0 Å². The minimum Gasteiger partial charge on any atom is -0.332 e. The summed E-state index contributed by atoms with van der Waals surface area (Å²) in [5.74, 6) is 0.898. The van der Waals surface area contributed by atoms with Crippen LogP contribution in [0.5, 0.6) is 0 Å². The summed E-state index contributed by atoms with van der Waals surface area (Å²) in [4.78, 5) is 13.1. The summed E-state index contributed by atoms with van der Waals surface area (Å²) in [6, 6.07) is 11.9. The number of carbonyl (C=O) groups is 1. The van der Waals surface area contributed by atoms with Gasteiger partial charge in [0.2, 0.25) is 0 Å². The van der Waals surface area contributed by atoms with Gasteiger partial charge in [0.1, 0.15) is 11.5 Å². The summed E-state index contributed by atoms with van der Waals surface area (Å²) in [7, 11) is 1.98. The molecule has 0 fully saturated rings. The molecule has 0 aliphatic rings. The summed E-state index contributed by atoms with van der Waals surface area (Å²) in [5.41, 5.74) is 2.60. The van der Waals surface area contributed by atoms with Crippen molar-refractivity contribution in [1.29, 1.82) is 0 Å². The van der Waals surface area contributed by atoms with Crippen LogP contribution in [0, 0.1) is 6.92 Å². The molecule has 0 amide bonds. The van der Waals surface area contributed by atoms with Gasteiger partial charge in [0.05, 0.1) is 0 Å². The van der Waals surface area contributed by atoms with Crippen molar-refractivity contribution in [2.75, 3.05) is 11.9 Å². The second kappa shape index (κ2) is 6.19. The molecule has 0 aliphatic carbocycles. The third-order valence-electron chi connectivity index (χ3n) is 3.30. The predicted molar refractivity (Wildman–Crippen MR) is 82.5 cm³/mol. The first-order valence-corrected chi connectivity index (χ1v) is 6.67. The molecular formula is C16H19N3O. The highest BCUT2D eigenvalue weighted by molar-refractivity contribution is 5.97. The minimum atomic E-state index is 0.595. The van der Waals surface area contributed by atoms with Crippen LogP contribution in [-0.4, -0.2) is 23.8 Å². The number of rotatable bonds is 4. The molecule has 1 aromatic carbocycles. The maximum atomic E-state index is 11.1. The molecule has 0 spiro atoms. The Morgan fingerprint density at radius 2 is 2.00 bits per heavy atom. The number of benzene rings is 1. The van der Waals surface area contributed by atoms with Crippen molar-refractivity contribution >= 4 is 17.8 Å². The zero-order chi connectivity index (χ0) is 14.5. The number of amidine groups is 1. The molecule has 0 radical (unpaired) electrons. The van der Waals surface area contributed by atoms with Gasteiger partial charge in [0.15, 0.2) is 6.29 Å². The molecule has 0 aliphatic heterocycles. The van der Waals surface area contributed by atoms with Crippen molar-refractivity contribution in [2.45, 2.75) is 20.3 Å². The van der Waals surface area contributed by atoms with Gasteiger partial charge in [-0.1, -0.05) is 25.1 Å². The lowest BCUT2D eigenvalue weighted by atomic mass is 10.3. The van der Waals surface area contributed by atoms with E-state index in [1.807, 2.05) is 61.5 Å². The molecule has 2 aromatic rings. The van der Waals surface area contributed by atoms with Crippen molar-refractivity contribution in [1.82, 2.24) is 4.68 Å². The van der Waals surface area contributed by atoms with Crippen LogP contribution in [0.4, 0.5) is 5.69 Å². The molecule has 0 bridgehead atoms. The number of carbonyl (C=O) groups excluding carboxylic acids is 1. The zero-order valence-electron chi connectivity index (χ0n) is 12.1. The Bertz CT molecular complexity index is 614. The van der Waals surface area contributed by atoms with Crippen LogP contribution in [0.1, 0.15) is 29.4 Å². The number of nitrogens with zero attached hydrogens (tertiary/aromatic N) is 3. The first kappa shape index (κ1) is 14.1. The summed E-state index contributed by atoms with van der Waals surface area (Å²) < 4.78 is 1.64. The maximum Gasteiger partial charge on any atom is 0.168 e. The van der Waals surface area contributed by atoms with E-state index in [2.05, 4.69) is 12.0 Å². The van der Waals surface area contributed by atoms with E-state index >= 15 is 0 Å². The van der Waals surface area contributed by atoms with E-state index in [1.165, 1.54) is 0 Å². The Morgan fingerprint density at radius 1 is 1.30 bits per heavy atom. The number of hydrogen-bond acceptors (Lipinski definition) is 2. The number of aromatic nitrogens is 1. The number of aryl methyl sites for hydroxylation is 1. The summed E-state index contributed by atoms with van der Waals surface area (Å²) in [6.07, 6.45) is 3.43. The molecule has 104 valence electrons. The van der Waals surface area contributed by atoms with E-state index < -0.39 is 0 Å². The SMILES string of the molecule is CC/C(=N/n1ccc(C)c1C=O)N(C)c1ccccc1. The summed E-state index contributed by atoms with van der Waals surface area (Å²) >= 11 is 0. The van der Waals surface area contributed by atoms with Crippen molar-refractivity contribution in [3.05, 3.63) is 53.9 Å². The largest absolute Gasteiger partial charge is 0.332 e. The van der Waals surface area contributed by atoms with E-state index in [1.54, 1.807) is 4.68 Å². The van der Waals surface area contributed by atoms with Crippen LogP contribution in [-0.2, 0) is 0 Å². The molecule has 0 saturated heterocycles. The Hall–Kier alpha value is -2.36. The second-order valence-electron chi connectivity index (χ2n) is 4.61. The van der Waals surface area contributed by atoms with Gasteiger partial charge >= 0.3 is 0 Å². The van der Waals surface area contributed by atoms with Crippen molar-refractivity contribution in [3.8, 4) is 0 Å². The van der Waals surface area contributed by atoms with E-state index in [-0.39, 0.29) is 0 Å². The molecule has 1 aromatic heterocycles. The lowest BCUT2D eigenvalue weighted by molar-refractivity contribution is 0.111. The quantitative estimate of drug-likeness (QED) is 0.485. The van der Waals surface area contributed by atoms with Gasteiger partial charge in [0.25, 0.3) is 0 Å². The molecule has 1 heterocycles. The number of hydrogen-bond donors (Lipinski definition) is 0. The maximum absolute atomic E-state index is 11.1. The Morgan fingerprint density at radius 3 is 2.60 bits per heavy atom. The van der Waals surface area contributed by atoms with E-state index in [4.69, 9.17) is 0 Å². The number of anilines is 1. The molecule has 0 N–H and O–H groups in total. The topological polar surface area (TPSA) is 37.6 Å². The highest BCUT2D eigenvalue weighted by Gasteiger charge is 2.09. The molecule has 0 unspecified atom stereocenters. The molecule has 0 saturated carbocycles. The Labute approximate surface area is 119 Å². The minimum absolute atomic E-state index is 0.595. The first-order valence-electron chi connectivity index (χ1n) is 6.67. The fourth-order valence-electron chi connectivity index (χ4n) is 2.06. The van der Waals surface area contributed by atoms with Crippen LogP contribution in [0.15, 0.2) is 47.7 Å². The Kier molecular flexibility index (Phi) is 4.35. The van der Waals surface area contributed by atoms with E-state index in [0.717, 1.165) is 29.8 Å². The molecular weight excluding hydrogens is 250 g/mol. The summed E-state index contributed by atoms with van der Waals surface area (Å²) in [5, 5.41) is 4.57. The molecule has 0 atom stereocenters. The smallest absolute Gasteiger partial charge is 0.168 e. The summed E-state index contributed by atoms with van der Waals surface area (Å²) in [6.45, 7) is 3.96. The highest BCUT2D eigenvalue weighted by Crippen LogP contribution is 2.14. The van der Waals surface area contributed by atoms with Gasteiger partial charge in [0, 0.05) is 25.4 Å². The fraction of sp³-hybridized carbons (Fsp3) is 0.250. The van der Waals surface area contributed by atoms with Crippen molar-refractivity contribution in [2.24, 2.45) is 5.10 Å². The van der Waals surface area contributed by atoms with Crippen LogP contribution in [0.25, 0.3) is 0 Å². The monoisotopic (exact) mass is 269 g/mol. The zero-order valence-corrected chi connectivity index (χ0v) is 12.1. The van der Waals surface area contributed by atoms with Crippen molar-refractivity contribution in [3.63, 3.8) is 0 Å². The first-order chi connectivity index (χ1) is 9.67. The molecule has 20 heavy (non-hydrogen) atoms. The average molecular weight is 269 g/mol. The third-order valence-corrected chi connectivity index (χ3v) is 3.30. The van der Waals surface area contributed by atoms with Crippen LogP contribution < -0.4 is 4.90 Å². The van der Waals surface area contributed by atoms with Crippen LogP contribution in [0.2, 0.25) is 0 Å². The fourth-order valence-corrected chi connectivity index (χ4v) is 2.06. The van der Waals surface area contributed by atoms with Crippen LogP contribution in [0.3, 0.4) is 0 Å². The highest BCUT2D eigenvalue weighted by atomic mass is 16.1. The van der Waals surface area contributed by atoms with Gasteiger partial charge in [-0.25, -0.2) is 4.68 Å². The van der Waals surface area contributed by atoms with Gasteiger partial charge in [-0.15, -0.1) is 0 Å². The standard InChI is InChI=1S/C16H19N3O/c1-4-16(18(3)14-8-6-5-7-9-14)17-19-11-10-13(2)15(19)12-20/h5-12H,4H2,1-3H3/b17-16-. The van der Waals surface area contributed by atoms with E-state index in [0.29, 0.717) is 5.69 Å². The van der Waals surface area contributed by atoms with Gasteiger partial charge in [-0.05, 0) is 30.7 Å². The Balaban J connectivity index is 2.36. The van der Waals surface area contributed by atoms with Gasteiger partial charge < -0.3 is 4.90 Å². The number of aldehydes is 1.